The molecule has 1 aromatic carbocycles. The molecule has 0 heterocycles. The summed E-state index contributed by atoms with van der Waals surface area (Å²) < 4.78 is 0. The van der Waals surface area contributed by atoms with E-state index >= 15 is 0 Å². The highest BCUT2D eigenvalue weighted by molar-refractivity contribution is 5.92. The fourth-order valence-corrected chi connectivity index (χ4v) is 2.92. The fourth-order valence-electron chi connectivity index (χ4n) is 2.92. The van der Waals surface area contributed by atoms with Crippen molar-refractivity contribution < 1.29 is 15.0 Å². The predicted molar refractivity (Wildman–Crippen MR) is 103 cm³/mol. The minimum absolute atomic E-state index is 0.0525. The van der Waals surface area contributed by atoms with Crippen molar-refractivity contribution in [2.45, 2.75) is 84.0 Å². The minimum atomic E-state index is -1.05. The van der Waals surface area contributed by atoms with Crippen LogP contribution in [0.25, 0.3) is 0 Å². The van der Waals surface area contributed by atoms with Crippen molar-refractivity contribution >= 4 is 5.97 Å². The van der Waals surface area contributed by atoms with Crippen molar-refractivity contribution in [1.29, 1.82) is 0 Å². The van der Waals surface area contributed by atoms with E-state index in [0.717, 1.165) is 44.1 Å². The number of carboxylic acid groups (broad SMARTS) is 1. The molecule has 138 valence electrons. The van der Waals surface area contributed by atoms with Crippen LogP contribution in [0, 0.1) is 11.8 Å². The molecule has 2 N–H and O–H groups in total. The van der Waals surface area contributed by atoms with E-state index in [2.05, 4.69) is 18.8 Å². The number of hydrogen-bond acceptors (Lipinski definition) is 2. The van der Waals surface area contributed by atoms with Gasteiger partial charge in [-0.05, 0) is 37.3 Å². The number of aromatic hydroxyl groups is 1. The first kappa shape index (κ1) is 21.1. The third kappa shape index (κ3) is 9.19. The van der Waals surface area contributed by atoms with Crippen LogP contribution in [0.4, 0.5) is 0 Å². The Morgan fingerprint density at radius 2 is 1.52 bits per heavy atom. The highest BCUT2D eigenvalue weighted by Gasteiger charge is 2.14. The van der Waals surface area contributed by atoms with Gasteiger partial charge in [0.1, 0.15) is 11.3 Å². The molecule has 3 nitrogen and oxygen atoms in total. The van der Waals surface area contributed by atoms with Gasteiger partial charge in [-0.2, -0.15) is 0 Å². The Hall–Kier alpha value is -1.95. The zero-order chi connectivity index (χ0) is 18.3. The lowest BCUT2D eigenvalue weighted by Gasteiger charge is -2.07. The van der Waals surface area contributed by atoms with Gasteiger partial charge in [-0.25, -0.2) is 4.79 Å². The van der Waals surface area contributed by atoms with E-state index in [1.165, 1.54) is 38.2 Å². The molecule has 0 saturated carbocycles. The molecular weight excluding hydrogens is 312 g/mol. The van der Waals surface area contributed by atoms with Gasteiger partial charge in [0, 0.05) is 12.8 Å². The van der Waals surface area contributed by atoms with Gasteiger partial charge in [-0.15, -0.1) is 11.8 Å². The van der Waals surface area contributed by atoms with Gasteiger partial charge in [0.15, 0.2) is 0 Å². The van der Waals surface area contributed by atoms with Crippen LogP contribution in [0.2, 0.25) is 0 Å². The maximum absolute atomic E-state index is 11.2. The lowest BCUT2D eigenvalue weighted by atomic mass is 9.99. The van der Waals surface area contributed by atoms with E-state index < -0.39 is 5.97 Å². The molecule has 0 spiro atoms. The SMILES string of the molecule is CCCCCCC#CCCCCCCCc1cccc(O)c1C(=O)O. The van der Waals surface area contributed by atoms with Crippen LogP contribution in [-0.4, -0.2) is 16.2 Å². The summed E-state index contributed by atoms with van der Waals surface area (Å²) in [5.74, 6) is 5.33. The lowest BCUT2D eigenvalue weighted by molar-refractivity contribution is 0.0692. The molecule has 0 bridgehead atoms. The molecule has 0 amide bonds. The predicted octanol–water partition coefficient (Wildman–Crippen LogP) is 5.95. The zero-order valence-electron chi connectivity index (χ0n) is 15.5. The smallest absolute Gasteiger partial charge is 0.339 e. The number of benzene rings is 1. The third-order valence-electron chi connectivity index (χ3n) is 4.37. The molecule has 3 heteroatoms. The van der Waals surface area contributed by atoms with Gasteiger partial charge < -0.3 is 10.2 Å². The molecule has 1 aromatic rings. The van der Waals surface area contributed by atoms with Crippen molar-refractivity contribution in [3.8, 4) is 17.6 Å². The van der Waals surface area contributed by atoms with Crippen LogP contribution in [0.5, 0.6) is 5.75 Å². The Bertz CT molecular complexity index is 566. The first-order valence-electron chi connectivity index (χ1n) is 9.66. The molecule has 0 fully saturated rings. The summed E-state index contributed by atoms with van der Waals surface area (Å²) >= 11 is 0. The van der Waals surface area contributed by atoms with Gasteiger partial charge in [0.2, 0.25) is 0 Å². The minimum Gasteiger partial charge on any atom is -0.507 e. The van der Waals surface area contributed by atoms with Crippen LogP contribution in [0.1, 0.15) is 93.5 Å². The average Bonchev–Trinajstić information content (AvgIpc) is 2.58. The van der Waals surface area contributed by atoms with Crippen molar-refractivity contribution in [1.82, 2.24) is 0 Å². The highest BCUT2D eigenvalue weighted by Crippen LogP contribution is 2.23. The Labute approximate surface area is 152 Å². The summed E-state index contributed by atoms with van der Waals surface area (Å²) in [5, 5.41) is 18.8. The molecule has 0 atom stereocenters. The topological polar surface area (TPSA) is 57.5 Å². The molecule has 0 aliphatic heterocycles. The maximum Gasteiger partial charge on any atom is 0.339 e. The van der Waals surface area contributed by atoms with E-state index in [1.807, 2.05) is 0 Å². The molecule has 1 rings (SSSR count). The van der Waals surface area contributed by atoms with E-state index in [1.54, 1.807) is 12.1 Å². The Morgan fingerprint density at radius 1 is 0.920 bits per heavy atom. The standard InChI is InChI=1S/C22H32O3/c1-2-3-4-5-6-7-8-9-10-11-12-13-14-16-19-17-15-18-20(23)21(19)22(24)25/h15,17-18,23H,2-6,9-14,16H2,1H3,(H,24,25). The second-order valence-corrected chi connectivity index (χ2v) is 6.55. The molecule has 0 aromatic heterocycles. The van der Waals surface area contributed by atoms with E-state index in [4.69, 9.17) is 0 Å². The fraction of sp³-hybridized carbons (Fsp3) is 0.591. The summed E-state index contributed by atoms with van der Waals surface area (Å²) in [6, 6.07) is 4.93. The monoisotopic (exact) mass is 344 g/mol. The summed E-state index contributed by atoms with van der Waals surface area (Å²) in [7, 11) is 0. The van der Waals surface area contributed by atoms with Gasteiger partial charge >= 0.3 is 5.97 Å². The van der Waals surface area contributed by atoms with Gasteiger partial charge in [0.25, 0.3) is 0 Å². The number of hydrogen-bond donors (Lipinski definition) is 2. The molecule has 0 radical (unpaired) electrons. The quantitative estimate of drug-likeness (QED) is 0.364. The Kier molecular flexibility index (Phi) is 11.3. The summed E-state index contributed by atoms with van der Waals surface area (Å²) in [6.07, 6.45) is 13.4. The summed E-state index contributed by atoms with van der Waals surface area (Å²) in [4.78, 5) is 11.2. The second kappa shape index (κ2) is 13.4. The van der Waals surface area contributed by atoms with E-state index in [0.29, 0.717) is 6.42 Å². The average molecular weight is 344 g/mol. The van der Waals surface area contributed by atoms with Crippen molar-refractivity contribution in [2.75, 3.05) is 0 Å². The van der Waals surface area contributed by atoms with Gasteiger partial charge in [-0.1, -0.05) is 57.6 Å². The molecule has 25 heavy (non-hydrogen) atoms. The highest BCUT2D eigenvalue weighted by atomic mass is 16.4. The molecular formula is C22H32O3. The normalized spacial score (nSPS) is 10.3. The van der Waals surface area contributed by atoms with Gasteiger partial charge in [-0.3, -0.25) is 0 Å². The van der Waals surface area contributed by atoms with Crippen LogP contribution >= 0.6 is 0 Å². The van der Waals surface area contributed by atoms with Gasteiger partial charge in [0.05, 0.1) is 0 Å². The number of aromatic carboxylic acids is 1. The summed E-state index contributed by atoms with van der Waals surface area (Å²) in [5.41, 5.74) is 0.776. The summed E-state index contributed by atoms with van der Waals surface area (Å²) in [6.45, 7) is 2.22. The number of phenols is 1. The Morgan fingerprint density at radius 3 is 2.16 bits per heavy atom. The number of rotatable bonds is 12. The first-order valence-corrected chi connectivity index (χ1v) is 9.66. The number of carbonyl (C=O) groups is 1. The van der Waals surface area contributed by atoms with E-state index in [9.17, 15) is 15.0 Å². The Balaban J connectivity index is 2.09. The largest absolute Gasteiger partial charge is 0.507 e. The zero-order valence-corrected chi connectivity index (χ0v) is 15.5. The van der Waals surface area contributed by atoms with Crippen LogP contribution in [-0.2, 0) is 6.42 Å². The number of carboxylic acids is 1. The van der Waals surface area contributed by atoms with Crippen molar-refractivity contribution in [3.05, 3.63) is 29.3 Å². The van der Waals surface area contributed by atoms with Crippen LogP contribution in [0.3, 0.4) is 0 Å². The molecule has 0 aliphatic rings. The maximum atomic E-state index is 11.2. The van der Waals surface area contributed by atoms with Crippen molar-refractivity contribution in [3.63, 3.8) is 0 Å². The number of unbranched alkanes of at least 4 members (excludes halogenated alkanes) is 9. The van der Waals surface area contributed by atoms with Crippen molar-refractivity contribution in [2.24, 2.45) is 0 Å². The van der Waals surface area contributed by atoms with Crippen LogP contribution in [0.15, 0.2) is 18.2 Å². The molecule has 0 aliphatic carbocycles. The molecule has 0 saturated heterocycles. The first-order chi connectivity index (χ1) is 12.2. The van der Waals surface area contributed by atoms with E-state index in [-0.39, 0.29) is 11.3 Å². The number of aryl methyl sites for hydroxylation is 1. The van der Waals surface area contributed by atoms with Crippen LogP contribution < -0.4 is 0 Å². The lowest BCUT2D eigenvalue weighted by Crippen LogP contribution is -2.03. The second-order valence-electron chi connectivity index (χ2n) is 6.55. The molecule has 0 unspecified atom stereocenters. The third-order valence-corrected chi connectivity index (χ3v) is 4.37.